The number of nitriles is 1. The van der Waals surface area contributed by atoms with Gasteiger partial charge in [-0.15, -0.1) is 0 Å². The molecular weight excluding hydrogens is 368 g/mol. The van der Waals surface area contributed by atoms with Crippen molar-refractivity contribution in [3.05, 3.63) is 29.2 Å². The normalized spacial score (nSPS) is 14.9. The highest BCUT2D eigenvalue weighted by Crippen LogP contribution is 2.16. The van der Waals surface area contributed by atoms with Crippen molar-refractivity contribution in [2.24, 2.45) is 0 Å². The maximum Gasteiger partial charge on any atom is 0.263 e. The highest BCUT2D eigenvalue weighted by Gasteiger charge is 2.26. The minimum Gasteiger partial charge on any atom is -0.460 e. The van der Waals surface area contributed by atoms with Crippen molar-refractivity contribution in [3.63, 3.8) is 0 Å². The number of hydrogen-bond acceptors (Lipinski definition) is 7. The molecule has 132 valence electrons. The van der Waals surface area contributed by atoms with E-state index in [9.17, 15) is 18.0 Å². The topological polar surface area (TPSA) is 133 Å². The van der Waals surface area contributed by atoms with Crippen molar-refractivity contribution in [1.82, 2.24) is 14.9 Å². The van der Waals surface area contributed by atoms with Crippen LogP contribution in [0.25, 0.3) is 6.08 Å². The van der Waals surface area contributed by atoms with Crippen LogP contribution in [0.5, 0.6) is 0 Å². The van der Waals surface area contributed by atoms with E-state index in [1.54, 1.807) is 0 Å². The molecule has 1 aliphatic rings. The van der Waals surface area contributed by atoms with E-state index in [4.69, 9.17) is 21.9 Å². The molecule has 0 radical (unpaired) electrons. The molecule has 1 fully saturated rings. The van der Waals surface area contributed by atoms with Crippen molar-refractivity contribution in [3.8, 4) is 6.07 Å². The predicted molar refractivity (Wildman–Crippen MR) is 91.1 cm³/mol. The van der Waals surface area contributed by atoms with Gasteiger partial charge in [0.1, 0.15) is 17.1 Å². The summed E-state index contributed by atoms with van der Waals surface area (Å²) in [6.45, 7) is -0.0269. The Balaban J connectivity index is 2.18. The molecule has 1 aromatic heterocycles. The number of rotatable bonds is 6. The zero-order chi connectivity index (χ0) is 18.6. The number of nitrogens with one attached hydrogen (secondary N) is 2. The van der Waals surface area contributed by atoms with E-state index in [0.717, 1.165) is 10.6 Å². The van der Waals surface area contributed by atoms with E-state index < -0.39 is 21.8 Å². The third kappa shape index (κ3) is 4.96. The summed E-state index contributed by atoms with van der Waals surface area (Å²) in [5.41, 5.74) is -0.182. The van der Waals surface area contributed by atoms with Crippen LogP contribution in [0, 0.1) is 11.3 Å². The molecule has 0 aromatic carbocycles. The first kappa shape index (κ1) is 18.8. The molecular formula is C14H14N4O5S2. The van der Waals surface area contributed by atoms with E-state index in [1.807, 2.05) is 6.07 Å². The van der Waals surface area contributed by atoms with Gasteiger partial charge in [-0.1, -0.05) is 0 Å². The molecule has 0 aliphatic carbocycles. The molecule has 2 N–H and O–H groups in total. The summed E-state index contributed by atoms with van der Waals surface area (Å²) in [4.78, 5) is 23.5. The zero-order valence-electron chi connectivity index (χ0n) is 13.1. The highest BCUT2D eigenvalue weighted by molar-refractivity contribution is 7.88. The van der Waals surface area contributed by atoms with Crippen LogP contribution >= 0.6 is 12.2 Å². The molecule has 25 heavy (non-hydrogen) atoms. The number of amides is 2. The van der Waals surface area contributed by atoms with Gasteiger partial charge in [0.05, 0.1) is 18.9 Å². The maximum atomic E-state index is 11.8. The number of carbonyl (C=O) groups is 2. The number of thiocarbonyl (C=S) groups is 1. The molecule has 1 aromatic rings. The SMILES string of the molecule is CS(=O)(=O)N(CCC#N)Cc1ccc(C=C2C(=O)NC(=S)NC2=O)o1. The Bertz CT molecular complexity index is 873. The smallest absolute Gasteiger partial charge is 0.263 e. The van der Waals surface area contributed by atoms with Gasteiger partial charge >= 0.3 is 0 Å². The second-order valence-electron chi connectivity index (χ2n) is 5.10. The van der Waals surface area contributed by atoms with E-state index >= 15 is 0 Å². The Labute approximate surface area is 149 Å². The first-order valence-electron chi connectivity index (χ1n) is 7.00. The monoisotopic (exact) mass is 382 g/mol. The van der Waals surface area contributed by atoms with Crippen molar-refractivity contribution in [2.45, 2.75) is 13.0 Å². The van der Waals surface area contributed by atoms with Crippen molar-refractivity contribution in [1.29, 1.82) is 5.26 Å². The Kier molecular flexibility index (Phi) is 5.68. The zero-order valence-corrected chi connectivity index (χ0v) is 14.7. The maximum absolute atomic E-state index is 11.8. The van der Waals surface area contributed by atoms with Gasteiger partial charge in [-0.05, 0) is 30.4 Å². The van der Waals surface area contributed by atoms with Crippen LogP contribution in [0.2, 0.25) is 0 Å². The second kappa shape index (κ2) is 7.56. The number of hydrogen-bond donors (Lipinski definition) is 2. The Hall–Kier alpha value is -2.55. The largest absolute Gasteiger partial charge is 0.460 e. The highest BCUT2D eigenvalue weighted by atomic mass is 32.2. The first-order valence-corrected chi connectivity index (χ1v) is 9.25. The summed E-state index contributed by atoms with van der Waals surface area (Å²) in [5.74, 6) is -0.795. The Morgan fingerprint density at radius 2 is 1.96 bits per heavy atom. The average Bonchev–Trinajstić information content (AvgIpc) is 2.93. The van der Waals surface area contributed by atoms with Crippen LogP contribution in [0.4, 0.5) is 0 Å². The summed E-state index contributed by atoms with van der Waals surface area (Å²) in [6, 6.07) is 4.91. The summed E-state index contributed by atoms with van der Waals surface area (Å²) in [7, 11) is -3.51. The molecule has 0 atom stereocenters. The van der Waals surface area contributed by atoms with E-state index in [1.165, 1.54) is 18.2 Å². The average molecular weight is 382 g/mol. The molecule has 1 aliphatic heterocycles. The molecule has 0 unspecified atom stereocenters. The molecule has 2 amide bonds. The van der Waals surface area contributed by atoms with Gasteiger partial charge in [0.25, 0.3) is 11.8 Å². The Morgan fingerprint density at radius 1 is 1.32 bits per heavy atom. The summed E-state index contributed by atoms with van der Waals surface area (Å²) in [6.07, 6.45) is 2.32. The fourth-order valence-corrected chi connectivity index (χ4v) is 2.99. The lowest BCUT2D eigenvalue weighted by Crippen LogP contribution is -2.51. The van der Waals surface area contributed by atoms with Crippen molar-refractivity contribution >= 4 is 45.2 Å². The fraction of sp³-hybridized carbons (Fsp3) is 0.286. The lowest BCUT2D eigenvalue weighted by molar-refractivity contribution is -0.123. The minimum absolute atomic E-state index is 0.0364. The van der Waals surface area contributed by atoms with Crippen molar-refractivity contribution < 1.29 is 22.4 Å². The van der Waals surface area contributed by atoms with E-state index in [-0.39, 0.29) is 36.0 Å². The van der Waals surface area contributed by atoms with Gasteiger partial charge in [-0.3, -0.25) is 20.2 Å². The standard InChI is InChI=1S/C14H14N4O5S2/c1-25(21,22)18(6-2-5-15)8-10-4-3-9(23-10)7-11-12(19)16-14(24)17-13(11)20/h3-4,7H,2,6,8H2,1H3,(H2,16,17,19,20,24). The second-order valence-corrected chi connectivity index (χ2v) is 7.49. The number of nitrogens with zero attached hydrogens (tertiary/aromatic N) is 2. The summed E-state index contributed by atoms with van der Waals surface area (Å²) >= 11 is 4.70. The molecule has 11 heteroatoms. The van der Waals surface area contributed by atoms with Crippen LogP contribution in [0.1, 0.15) is 17.9 Å². The van der Waals surface area contributed by atoms with Gasteiger partial charge in [0.15, 0.2) is 5.11 Å². The molecule has 9 nitrogen and oxygen atoms in total. The quantitative estimate of drug-likeness (QED) is 0.398. The molecule has 0 saturated carbocycles. The third-order valence-electron chi connectivity index (χ3n) is 3.19. The Morgan fingerprint density at radius 3 is 2.52 bits per heavy atom. The minimum atomic E-state index is -3.51. The number of sulfonamides is 1. The van der Waals surface area contributed by atoms with Crippen LogP contribution in [0.15, 0.2) is 22.1 Å². The molecule has 0 bridgehead atoms. The molecule has 2 heterocycles. The van der Waals surface area contributed by atoms with E-state index in [0.29, 0.717) is 5.76 Å². The van der Waals surface area contributed by atoms with Crippen LogP contribution in [-0.4, -0.2) is 42.5 Å². The van der Waals surface area contributed by atoms with Crippen molar-refractivity contribution in [2.75, 3.05) is 12.8 Å². The third-order valence-corrected chi connectivity index (χ3v) is 4.64. The van der Waals surface area contributed by atoms with Crippen LogP contribution in [-0.2, 0) is 26.2 Å². The lowest BCUT2D eigenvalue weighted by Gasteiger charge is -2.17. The lowest BCUT2D eigenvalue weighted by atomic mass is 10.1. The van der Waals surface area contributed by atoms with Gasteiger partial charge < -0.3 is 4.42 Å². The fourth-order valence-electron chi connectivity index (χ4n) is 2.02. The molecule has 2 rings (SSSR count). The predicted octanol–water partition coefficient (Wildman–Crippen LogP) is -0.131. The first-order chi connectivity index (χ1) is 11.7. The van der Waals surface area contributed by atoms with Crippen LogP contribution < -0.4 is 10.6 Å². The van der Waals surface area contributed by atoms with Gasteiger partial charge in [0, 0.05) is 13.0 Å². The van der Waals surface area contributed by atoms with E-state index in [2.05, 4.69) is 10.6 Å². The van der Waals surface area contributed by atoms with Crippen LogP contribution in [0.3, 0.4) is 0 Å². The summed E-state index contributed by atoms with van der Waals surface area (Å²) in [5, 5.41) is 13.1. The van der Waals surface area contributed by atoms with Gasteiger partial charge in [-0.2, -0.15) is 9.57 Å². The number of furan rings is 1. The summed E-state index contributed by atoms with van der Waals surface area (Å²) < 4.78 is 30.0. The molecule has 1 saturated heterocycles. The molecule has 0 spiro atoms. The van der Waals surface area contributed by atoms with Gasteiger partial charge in [0.2, 0.25) is 10.0 Å². The number of carbonyl (C=O) groups excluding carboxylic acids is 2. The van der Waals surface area contributed by atoms with Gasteiger partial charge in [-0.25, -0.2) is 8.42 Å².